The van der Waals surface area contributed by atoms with Crippen LogP contribution in [0.3, 0.4) is 0 Å². The Morgan fingerprint density at radius 2 is 2.31 bits per heavy atom. The molecule has 0 bridgehead atoms. The van der Waals surface area contributed by atoms with Crippen LogP contribution in [0.5, 0.6) is 0 Å². The van der Waals surface area contributed by atoms with Gasteiger partial charge in [0.1, 0.15) is 0 Å². The van der Waals surface area contributed by atoms with Crippen molar-refractivity contribution in [3.05, 3.63) is 22.5 Å². The van der Waals surface area contributed by atoms with Crippen molar-refractivity contribution >= 4 is 23.3 Å². The van der Waals surface area contributed by atoms with E-state index in [0.29, 0.717) is 11.4 Å². The van der Waals surface area contributed by atoms with Crippen molar-refractivity contribution in [2.75, 3.05) is 12.8 Å². The molecule has 0 aromatic carbocycles. The Hall–Kier alpha value is -1.29. The fourth-order valence-electron chi connectivity index (χ4n) is 0.915. The molecule has 1 aromatic heterocycles. The summed E-state index contributed by atoms with van der Waals surface area (Å²) in [7, 11) is 1.26. The number of aryl methyl sites for hydroxylation is 1. The fraction of sp³-hybridized carbons (Fsp3) is 0.250. The van der Waals surface area contributed by atoms with Gasteiger partial charge in [0.05, 0.1) is 17.8 Å². The van der Waals surface area contributed by atoms with Crippen LogP contribution in [0.15, 0.2) is 6.07 Å². The van der Waals surface area contributed by atoms with Gasteiger partial charge in [0.2, 0.25) is 0 Å². The highest BCUT2D eigenvalue weighted by molar-refractivity contribution is 6.35. The summed E-state index contributed by atoms with van der Waals surface area (Å²) in [6.45, 7) is 1.72. The van der Waals surface area contributed by atoms with Crippen LogP contribution in [0, 0.1) is 6.92 Å². The first-order valence-electron chi connectivity index (χ1n) is 3.57. The zero-order valence-corrected chi connectivity index (χ0v) is 8.05. The molecule has 1 rings (SSSR count). The number of nitrogen functional groups attached to an aromatic ring is 1. The van der Waals surface area contributed by atoms with Gasteiger partial charge in [0.25, 0.3) is 0 Å². The zero-order valence-electron chi connectivity index (χ0n) is 7.30. The summed E-state index contributed by atoms with van der Waals surface area (Å²) in [4.78, 5) is 15.0. The second-order valence-corrected chi connectivity index (χ2v) is 2.88. The number of halogens is 1. The first-order valence-corrected chi connectivity index (χ1v) is 3.95. The monoisotopic (exact) mass is 200 g/mol. The molecule has 0 radical (unpaired) electrons. The maximum Gasteiger partial charge on any atom is 0.358 e. The van der Waals surface area contributed by atoms with E-state index in [-0.39, 0.29) is 10.7 Å². The SMILES string of the molecule is COC(=O)c1nc(C)cc(N)c1Cl. The van der Waals surface area contributed by atoms with Crippen molar-refractivity contribution in [1.82, 2.24) is 4.98 Å². The molecule has 0 aliphatic carbocycles. The topological polar surface area (TPSA) is 65.2 Å². The minimum Gasteiger partial charge on any atom is -0.464 e. The van der Waals surface area contributed by atoms with Crippen LogP contribution >= 0.6 is 11.6 Å². The number of hydrogen-bond donors (Lipinski definition) is 1. The number of esters is 1. The number of carbonyl (C=O) groups is 1. The van der Waals surface area contributed by atoms with E-state index in [0.717, 1.165) is 0 Å². The Kier molecular flexibility index (Phi) is 2.72. The molecular weight excluding hydrogens is 192 g/mol. The number of aromatic nitrogens is 1. The molecule has 1 aromatic rings. The van der Waals surface area contributed by atoms with Crippen molar-refractivity contribution in [2.24, 2.45) is 0 Å². The van der Waals surface area contributed by atoms with Gasteiger partial charge in [-0.15, -0.1) is 0 Å². The van der Waals surface area contributed by atoms with Crippen LogP contribution < -0.4 is 5.73 Å². The number of carbonyl (C=O) groups excluding carboxylic acids is 1. The summed E-state index contributed by atoms with van der Waals surface area (Å²) in [5, 5.41) is 0.137. The van der Waals surface area contributed by atoms with Crippen LogP contribution in [-0.4, -0.2) is 18.1 Å². The predicted molar refractivity (Wildman–Crippen MR) is 49.7 cm³/mol. The van der Waals surface area contributed by atoms with Gasteiger partial charge in [0, 0.05) is 5.69 Å². The van der Waals surface area contributed by atoms with E-state index < -0.39 is 5.97 Å². The van der Waals surface area contributed by atoms with Crippen LogP contribution in [0.4, 0.5) is 5.69 Å². The summed E-state index contributed by atoms with van der Waals surface area (Å²) in [6, 6.07) is 1.59. The smallest absolute Gasteiger partial charge is 0.358 e. The minimum atomic E-state index is -0.583. The van der Waals surface area contributed by atoms with E-state index >= 15 is 0 Å². The molecule has 4 nitrogen and oxygen atoms in total. The Morgan fingerprint density at radius 1 is 1.69 bits per heavy atom. The van der Waals surface area contributed by atoms with E-state index in [2.05, 4.69) is 9.72 Å². The summed E-state index contributed by atoms with van der Waals surface area (Å²) in [6.07, 6.45) is 0. The van der Waals surface area contributed by atoms with E-state index in [1.54, 1.807) is 13.0 Å². The molecule has 0 atom stereocenters. The molecule has 0 aliphatic heterocycles. The molecule has 5 heteroatoms. The lowest BCUT2D eigenvalue weighted by molar-refractivity contribution is 0.0594. The molecule has 0 spiro atoms. The fourth-order valence-corrected chi connectivity index (χ4v) is 1.09. The molecule has 70 valence electrons. The van der Waals surface area contributed by atoms with Gasteiger partial charge in [-0.25, -0.2) is 9.78 Å². The zero-order chi connectivity index (χ0) is 10.0. The highest BCUT2D eigenvalue weighted by atomic mass is 35.5. The lowest BCUT2D eigenvalue weighted by atomic mass is 10.2. The van der Waals surface area contributed by atoms with Crippen LogP contribution in [0.25, 0.3) is 0 Å². The van der Waals surface area contributed by atoms with Crippen LogP contribution in [-0.2, 0) is 4.74 Å². The summed E-state index contributed by atoms with van der Waals surface area (Å²) < 4.78 is 4.49. The number of nitrogens with zero attached hydrogens (tertiary/aromatic N) is 1. The van der Waals surface area contributed by atoms with Gasteiger partial charge in [-0.05, 0) is 13.0 Å². The van der Waals surface area contributed by atoms with E-state index in [1.807, 2.05) is 0 Å². The Bertz CT molecular complexity index is 352. The number of rotatable bonds is 1. The number of anilines is 1. The highest BCUT2D eigenvalue weighted by Gasteiger charge is 2.15. The lowest BCUT2D eigenvalue weighted by Gasteiger charge is -2.04. The van der Waals surface area contributed by atoms with Crippen molar-refractivity contribution in [2.45, 2.75) is 6.92 Å². The second-order valence-electron chi connectivity index (χ2n) is 2.51. The third kappa shape index (κ3) is 1.89. The normalized spacial score (nSPS) is 9.77. The molecule has 0 saturated heterocycles. The number of hydrogen-bond acceptors (Lipinski definition) is 4. The predicted octanol–water partition coefficient (Wildman–Crippen LogP) is 1.41. The van der Waals surface area contributed by atoms with Crippen LogP contribution in [0.1, 0.15) is 16.2 Å². The average Bonchev–Trinajstić information content (AvgIpc) is 2.10. The van der Waals surface area contributed by atoms with Gasteiger partial charge in [-0.1, -0.05) is 11.6 Å². The molecule has 2 N–H and O–H groups in total. The summed E-state index contributed by atoms with van der Waals surface area (Å²) >= 11 is 5.75. The second kappa shape index (κ2) is 3.62. The summed E-state index contributed by atoms with van der Waals surface area (Å²) in [5.41, 5.74) is 6.55. The quantitative estimate of drug-likeness (QED) is 0.697. The van der Waals surface area contributed by atoms with Crippen molar-refractivity contribution in [1.29, 1.82) is 0 Å². The molecule has 1 heterocycles. The third-order valence-electron chi connectivity index (χ3n) is 1.49. The Labute approximate surface area is 80.7 Å². The minimum absolute atomic E-state index is 0.0571. The van der Waals surface area contributed by atoms with Crippen LogP contribution in [0.2, 0.25) is 5.02 Å². The van der Waals surface area contributed by atoms with E-state index in [9.17, 15) is 4.79 Å². The Balaban J connectivity index is 3.28. The third-order valence-corrected chi connectivity index (χ3v) is 1.89. The van der Waals surface area contributed by atoms with Gasteiger partial charge in [0.15, 0.2) is 5.69 Å². The molecule has 0 saturated carbocycles. The average molecular weight is 201 g/mol. The van der Waals surface area contributed by atoms with Crippen molar-refractivity contribution < 1.29 is 9.53 Å². The van der Waals surface area contributed by atoms with Crippen molar-refractivity contribution in [3.8, 4) is 0 Å². The maximum atomic E-state index is 11.1. The van der Waals surface area contributed by atoms with E-state index in [4.69, 9.17) is 17.3 Å². The highest BCUT2D eigenvalue weighted by Crippen LogP contribution is 2.22. The molecule has 0 aliphatic rings. The molecule has 13 heavy (non-hydrogen) atoms. The van der Waals surface area contributed by atoms with Gasteiger partial charge < -0.3 is 10.5 Å². The number of pyridine rings is 1. The number of methoxy groups -OCH3 is 1. The molecule has 0 unspecified atom stereocenters. The lowest BCUT2D eigenvalue weighted by Crippen LogP contribution is -2.07. The van der Waals surface area contributed by atoms with E-state index in [1.165, 1.54) is 7.11 Å². The molecule has 0 amide bonds. The standard InChI is InChI=1S/C8H9ClN2O2/c1-4-3-5(10)6(9)7(11-4)8(12)13-2/h3H,1-2H3,(H2,10,11). The first-order chi connectivity index (χ1) is 6.06. The Morgan fingerprint density at radius 3 is 2.85 bits per heavy atom. The van der Waals surface area contributed by atoms with Gasteiger partial charge >= 0.3 is 5.97 Å². The molecule has 0 fully saturated rings. The van der Waals surface area contributed by atoms with Gasteiger partial charge in [-0.2, -0.15) is 0 Å². The summed E-state index contributed by atoms with van der Waals surface area (Å²) in [5.74, 6) is -0.583. The maximum absolute atomic E-state index is 11.1. The number of ether oxygens (including phenoxy) is 1. The largest absolute Gasteiger partial charge is 0.464 e. The first kappa shape index (κ1) is 9.80. The van der Waals surface area contributed by atoms with Crippen molar-refractivity contribution in [3.63, 3.8) is 0 Å². The molecular formula is C8H9ClN2O2. The number of nitrogens with two attached hydrogens (primary N) is 1. The van der Waals surface area contributed by atoms with Gasteiger partial charge in [-0.3, -0.25) is 0 Å².